The minimum atomic E-state index is -4.32. The Labute approximate surface area is 104 Å². The Hall–Kier alpha value is -1.77. The number of hydrogen-bond donors (Lipinski definition) is 0. The van der Waals surface area contributed by atoms with Crippen molar-refractivity contribution in [2.24, 2.45) is 0 Å². The van der Waals surface area contributed by atoms with Gasteiger partial charge in [0, 0.05) is 0 Å². The van der Waals surface area contributed by atoms with Crippen molar-refractivity contribution in [2.45, 2.75) is 19.5 Å². The molecule has 0 spiro atoms. The van der Waals surface area contributed by atoms with Crippen LogP contribution in [0.2, 0.25) is 0 Å². The van der Waals surface area contributed by atoms with E-state index in [1.165, 1.54) is 6.07 Å². The van der Waals surface area contributed by atoms with E-state index in [0.717, 1.165) is 0 Å². The van der Waals surface area contributed by atoms with Gasteiger partial charge in [-0.15, -0.1) is 0 Å². The molecule has 0 unspecified atom stereocenters. The monoisotopic (exact) mass is 250 g/mol. The molecule has 94 valence electrons. The molecular weight excluding hydrogens is 237 g/mol. The summed E-state index contributed by atoms with van der Waals surface area (Å²) in [7, 11) is 0. The standard InChI is InChI=1S/C15H13F3/c1-2-11-8-9-13(12-6-4-3-5-7-12)14(10-11)15(16,17)18/h3-10H,2H2,1H3. The summed E-state index contributed by atoms with van der Waals surface area (Å²) in [6.07, 6.45) is -3.73. The van der Waals surface area contributed by atoms with Crippen LogP contribution in [0, 0.1) is 0 Å². The Bertz CT molecular complexity index is 527. The lowest BCUT2D eigenvalue weighted by Crippen LogP contribution is -2.08. The summed E-state index contributed by atoms with van der Waals surface area (Å²) in [6, 6.07) is 13.2. The molecule has 0 aromatic heterocycles. The fraction of sp³-hybridized carbons (Fsp3) is 0.200. The third-order valence-corrected chi connectivity index (χ3v) is 2.88. The van der Waals surface area contributed by atoms with Gasteiger partial charge in [0.05, 0.1) is 5.56 Å². The predicted octanol–water partition coefficient (Wildman–Crippen LogP) is 4.93. The zero-order valence-electron chi connectivity index (χ0n) is 9.96. The molecule has 2 aromatic carbocycles. The normalized spacial score (nSPS) is 11.6. The van der Waals surface area contributed by atoms with E-state index in [1.54, 1.807) is 42.5 Å². The summed E-state index contributed by atoms with van der Waals surface area (Å²) >= 11 is 0. The number of aryl methyl sites for hydroxylation is 1. The Morgan fingerprint density at radius 3 is 2.17 bits per heavy atom. The highest BCUT2D eigenvalue weighted by molar-refractivity contribution is 5.68. The van der Waals surface area contributed by atoms with Gasteiger partial charge in [-0.05, 0) is 29.2 Å². The molecule has 0 atom stereocenters. The van der Waals surface area contributed by atoms with Crippen LogP contribution in [0.5, 0.6) is 0 Å². The fourth-order valence-electron chi connectivity index (χ4n) is 1.92. The molecule has 3 heteroatoms. The average molecular weight is 250 g/mol. The van der Waals surface area contributed by atoms with Crippen LogP contribution in [0.3, 0.4) is 0 Å². The van der Waals surface area contributed by atoms with Crippen molar-refractivity contribution in [2.75, 3.05) is 0 Å². The van der Waals surface area contributed by atoms with E-state index in [-0.39, 0.29) is 5.56 Å². The largest absolute Gasteiger partial charge is 0.417 e. The van der Waals surface area contributed by atoms with Gasteiger partial charge in [-0.25, -0.2) is 0 Å². The molecule has 2 rings (SSSR count). The van der Waals surface area contributed by atoms with Crippen molar-refractivity contribution in [3.63, 3.8) is 0 Å². The predicted molar refractivity (Wildman–Crippen MR) is 66.3 cm³/mol. The molecule has 0 N–H and O–H groups in total. The van der Waals surface area contributed by atoms with Gasteiger partial charge in [-0.2, -0.15) is 13.2 Å². The van der Waals surface area contributed by atoms with Crippen LogP contribution in [0.1, 0.15) is 18.1 Å². The third-order valence-electron chi connectivity index (χ3n) is 2.88. The van der Waals surface area contributed by atoms with Crippen LogP contribution in [0.4, 0.5) is 13.2 Å². The van der Waals surface area contributed by atoms with Crippen LogP contribution in [0.15, 0.2) is 48.5 Å². The fourth-order valence-corrected chi connectivity index (χ4v) is 1.92. The molecule has 0 fully saturated rings. The molecular formula is C15H13F3. The summed E-state index contributed by atoms with van der Waals surface area (Å²) in [5, 5.41) is 0. The summed E-state index contributed by atoms with van der Waals surface area (Å²) in [5.41, 5.74) is 0.961. The zero-order chi connectivity index (χ0) is 13.2. The van der Waals surface area contributed by atoms with Gasteiger partial charge in [-0.1, -0.05) is 49.4 Å². The van der Waals surface area contributed by atoms with Crippen molar-refractivity contribution in [3.8, 4) is 11.1 Å². The zero-order valence-corrected chi connectivity index (χ0v) is 9.96. The van der Waals surface area contributed by atoms with Crippen LogP contribution in [-0.2, 0) is 12.6 Å². The van der Waals surface area contributed by atoms with Crippen molar-refractivity contribution >= 4 is 0 Å². The van der Waals surface area contributed by atoms with Crippen molar-refractivity contribution in [1.82, 2.24) is 0 Å². The van der Waals surface area contributed by atoms with Gasteiger partial charge in [0.1, 0.15) is 0 Å². The van der Waals surface area contributed by atoms with E-state index in [9.17, 15) is 13.2 Å². The molecule has 0 bridgehead atoms. The summed E-state index contributed by atoms with van der Waals surface area (Å²) in [5.74, 6) is 0. The number of halogens is 3. The second-order valence-electron chi connectivity index (χ2n) is 4.10. The lowest BCUT2D eigenvalue weighted by molar-refractivity contribution is -0.137. The van der Waals surface area contributed by atoms with Gasteiger partial charge in [0.25, 0.3) is 0 Å². The molecule has 0 radical (unpaired) electrons. The van der Waals surface area contributed by atoms with E-state index in [1.807, 2.05) is 6.92 Å². The van der Waals surface area contributed by atoms with E-state index in [2.05, 4.69) is 0 Å². The Balaban J connectivity index is 2.61. The van der Waals surface area contributed by atoms with Gasteiger partial charge >= 0.3 is 6.18 Å². The topological polar surface area (TPSA) is 0 Å². The summed E-state index contributed by atoms with van der Waals surface area (Å²) in [6.45, 7) is 1.84. The second kappa shape index (κ2) is 4.84. The number of rotatable bonds is 2. The van der Waals surface area contributed by atoms with Gasteiger partial charge < -0.3 is 0 Å². The van der Waals surface area contributed by atoms with Crippen LogP contribution in [0.25, 0.3) is 11.1 Å². The lowest BCUT2D eigenvalue weighted by Gasteiger charge is -2.14. The average Bonchev–Trinajstić information content (AvgIpc) is 2.38. The summed E-state index contributed by atoms with van der Waals surface area (Å²) in [4.78, 5) is 0. The SMILES string of the molecule is CCc1ccc(-c2ccccc2)c(C(F)(F)F)c1. The van der Waals surface area contributed by atoms with Crippen LogP contribution < -0.4 is 0 Å². The van der Waals surface area contributed by atoms with Crippen LogP contribution >= 0.6 is 0 Å². The molecule has 0 saturated heterocycles. The summed E-state index contributed by atoms with van der Waals surface area (Å²) < 4.78 is 39.2. The molecule has 0 saturated carbocycles. The van der Waals surface area contributed by atoms with Crippen molar-refractivity contribution < 1.29 is 13.2 Å². The number of hydrogen-bond acceptors (Lipinski definition) is 0. The highest BCUT2D eigenvalue weighted by Crippen LogP contribution is 2.37. The second-order valence-corrected chi connectivity index (χ2v) is 4.10. The van der Waals surface area contributed by atoms with E-state index in [4.69, 9.17) is 0 Å². The molecule has 0 amide bonds. The molecule has 18 heavy (non-hydrogen) atoms. The van der Waals surface area contributed by atoms with Gasteiger partial charge in [0.15, 0.2) is 0 Å². The Morgan fingerprint density at radius 1 is 0.944 bits per heavy atom. The first-order chi connectivity index (χ1) is 8.52. The van der Waals surface area contributed by atoms with Crippen molar-refractivity contribution in [3.05, 3.63) is 59.7 Å². The molecule has 0 aliphatic rings. The maximum Gasteiger partial charge on any atom is 0.417 e. The number of benzene rings is 2. The highest BCUT2D eigenvalue weighted by Gasteiger charge is 2.33. The lowest BCUT2D eigenvalue weighted by atomic mass is 9.96. The first-order valence-electron chi connectivity index (χ1n) is 5.78. The molecule has 0 heterocycles. The smallest absolute Gasteiger partial charge is 0.166 e. The first kappa shape index (κ1) is 12.7. The molecule has 0 aliphatic carbocycles. The maximum atomic E-state index is 13.1. The number of alkyl halides is 3. The van der Waals surface area contributed by atoms with Gasteiger partial charge in [-0.3, -0.25) is 0 Å². The minimum absolute atomic E-state index is 0.236. The van der Waals surface area contributed by atoms with E-state index >= 15 is 0 Å². The van der Waals surface area contributed by atoms with Gasteiger partial charge in [0.2, 0.25) is 0 Å². The molecule has 2 aromatic rings. The minimum Gasteiger partial charge on any atom is -0.166 e. The van der Waals surface area contributed by atoms with Crippen molar-refractivity contribution in [1.29, 1.82) is 0 Å². The Morgan fingerprint density at radius 2 is 1.61 bits per heavy atom. The highest BCUT2D eigenvalue weighted by atomic mass is 19.4. The third kappa shape index (κ3) is 2.55. The molecule has 0 nitrogen and oxygen atoms in total. The Kier molecular flexibility index (Phi) is 3.41. The maximum absolute atomic E-state index is 13.1. The van der Waals surface area contributed by atoms with Crippen LogP contribution in [-0.4, -0.2) is 0 Å². The van der Waals surface area contributed by atoms with E-state index < -0.39 is 11.7 Å². The quantitative estimate of drug-likeness (QED) is 0.708. The molecule has 0 aliphatic heterocycles. The first-order valence-corrected chi connectivity index (χ1v) is 5.78. The van der Waals surface area contributed by atoms with E-state index in [0.29, 0.717) is 17.5 Å².